The predicted molar refractivity (Wildman–Crippen MR) is 73.1 cm³/mol. The first kappa shape index (κ1) is 12.1. The third kappa shape index (κ3) is 3.84. The van der Waals surface area contributed by atoms with Crippen molar-refractivity contribution in [1.82, 2.24) is 10.3 Å². The Morgan fingerprint density at radius 2 is 2.06 bits per heavy atom. The maximum atomic E-state index is 5.64. The van der Waals surface area contributed by atoms with Crippen LogP contribution in [-0.2, 0) is 13.0 Å². The number of hydrogen-bond donors (Lipinski definition) is 2. The quantitative estimate of drug-likeness (QED) is 0.630. The smallest absolute Gasteiger partial charge is 0.107 e. The lowest BCUT2D eigenvalue weighted by Gasteiger charge is -2.03. The van der Waals surface area contributed by atoms with Crippen molar-refractivity contribution in [2.24, 2.45) is 0 Å². The van der Waals surface area contributed by atoms with E-state index >= 15 is 0 Å². The van der Waals surface area contributed by atoms with E-state index in [0.717, 1.165) is 30.2 Å². The second kappa shape index (κ2) is 5.80. The lowest BCUT2D eigenvalue weighted by Crippen LogP contribution is -2.16. The molecule has 0 amide bonds. The van der Waals surface area contributed by atoms with E-state index < -0.39 is 0 Å². The van der Waals surface area contributed by atoms with Crippen LogP contribution < -0.4 is 11.1 Å². The largest absolute Gasteiger partial charge is 0.399 e. The van der Waals surface area contributed by atoms with Gasteiger partial charge in [0.05, 0.1) is 0 Å². The van der Waals surface area contributed by atoms with Gasteiger partial charge in [0.25, 0.3) is 0 Å². The summed E-state index contributed by atoms with van der Waals surface area (Å²) in [6.45, 7) is 3.89. The van der Waals surface area contributed by atoms with Crippen LogP contribution >= 0.6 is 11.3 Å². The minimum absolute atomic E-state index is 0.819. The molecule has 2 rings (SSSR count). The van der Waals surface area contributed by atoms with E-state index in [1.165, 1.54) is 10.4 Å². The molecule has 3 N–H and O–H groups in total. The molecule has 0 atom stereocenters. The number of nitrogens with zero attached hydrogens (tertiary/aromatic N) is 1. The van der Waals surface area contributed by atoms with E-state index in [9.17, 15) is 0 Å². The normalized spacial score (nSPS) is 10.6. The third-order valence-electron chi connectivity index (χ3n) is 2.52. The van der Waals surface area contributed by atoms with Gasteiger partial charge in [-0.15, -0.1) is 11.3 Å². The molecule has 1 aromatic heterocycles. The summed E-state index contributed by atoms with van der Waals surface area (Å²) in [5.41, 5.74) is 7.76. The number of anilines is 1. The van der Waals surface area contributed by atoms with Crippen molar-refractivity contribution in [3.05, 3.63) is 45.9 Å². The Hall–Kier alpha value is -1.39. The summed E-state index contributed by atoms with van der Waals surface area (Å²) >= 11 is 1.75. The number of nitrogens with one attached hydrogen (secondary N) is 1. The molecule has 2 aromatic rings. The van der Waals surface area contributed by atoms with Gasteiger partial charge in [0.1, 0.15) is 5.01 Å². The van der Waals surface area contributed by atoms with Crippen molar-refractivity contribution in [1.29, 1.82) is 0 Å². The van der Waals surface area contributed by atoms with Gasteiger partial charge in [0, 0.05) is 23.3 Å². The minimum atomic E-state index is 0.819. The maximum absolute atomic E-state index is 5.64. The Kier molecular flexibility index (Phi) is 4.12. The number of aryl methyl sites for hydroxylation is 1. The summed E-state index contributed by atoms with van der Waals surface area (Å²) in [4.78, 5) is 5.58. The molecule has 90 valence electrons. The first-order chi connectivity index (χ1) is 8.24. The van der Waals surface area contributed by atoms with E-state index in [4.69, 9.17) is 5.73 Å². The van der Waals surface area contributed by atoms with Crippen molar-refractivity contribution >= 4 is 17.0 Å². The van der Waals surface area contributed by atoms with Crippen LogP contribution in [0.3, 0.4) is 0 Å². The molecular formula is C13H17N3S. The van der Waals surface area contributed by atoms with Gasteiger partial charge in [-0.05, 0) is 37.6 Å². The van der Waals surface area contributed by atoms with Gasteiger partial charge in [-0.1, -0.05) is 12.1 Å². The number of rotatable bonds is 5. The average Bonchev–Trinajstić information content (AvgIpc) is 2.73. The van der Waals surface area contributed by atoms with Crippen LogP contribution in [0.5, 0.6) is 0 Å². The highest BCUT2D eigenvalue weighted by Crippen LogP contribution is 2.10. The standard InChI is InChI=1S/C13H17N3S/c1-10-8-16-13(17-10)9-15-7-6-11-2-4-12(14)5-3-11/h2-5,8,15H,6-7,9,14H2,1H3. The lowest BCUT2D eigenvalue weighted by molar-refractivity contribution is 0.684. The van der Waals surface area contributed by atoms with Gasteiger partial charge < -0.3 is 11.1 Å². The van der Waals surface area contributed by atoms with E-state index in [-0.39, 0.29) is 0 Å². The summed E-state index contributed by atoms with van der Waals surface area (Å²) in [5.74, 6) is 0. The van der Waals surface area contributed by atoms with Crippen LogP contribution in [0.25, 0.3) is 0 Å². The Morgan fingerprint density at radius 1 is 1.29 bits per heavy atom. The lowest BCUT2D eigenvalue weighted by atomic mass is 10.1. The minimum Gasteiger partial charge on any atom is -0.399 e. The van der Waals surface area contributed by atoms with E-state index in [0.29, 0.717) is 0 Å². The summed E-state index contributed by atoms with van der Waals surface area (Å²) < 4.78 is 0. The first-order valence-electron chi connectivity index (χ1n) is 5.70. The zero-order valence-electron chi connectivity index (χ0n) is 9.94. The van der Waals surface area contributed by atoms with Crippen LogP contribution in [0.1, 0.15) is 15.4 Å². The molecule has 1 heterocycles. The highest BCUT2D eigenvalue weighted by Gasteiger charge is 1.98. The molecule has 0 aliphatic carbocycles. The predicted octanol–water partition coefficient (Wildman–Crippen LogP) is 2.37. The van der Waals surface area contributed by atoms with Crippen molar-refractivity contribution < 1.29 is 0 Å². The molecule has 3 nitrogen and oxygen atoms in total. The summed E-state index contributed by atoms with van der Waals surface area (Å²) in [5, 5.41) is 4.55. The third-order valence-corrected chi connectivity index (χ3v) is 3.43. The van der Waals surface area contributed by atoms with Crippen LogP contribution in [0, 0.1) is 6.92 Å². The molecule has 0 unspecified atom stereocenters. The molecule has 0 bridgehead atoms. The zero-order valence-corrected chi connectivity index (χ0v) is 10.8. The first-order valence-corrected chi connectivity index (χ1v) is 6.52. The molecular weight excluding hydrogens is 230 g/mol. The maximum Gasteiger partial charge on any atom is 0.107 e. The van der Waals surface area contributed by atoms with Gasteiger partial charge in [0.15, 0.2) is 0 Å². The highest BCUT2D eigenvalue weighted by molar-refractivity contribution is 7.11. The summed E-state index contributed by atoms with van der Waals surface area (Å²) in [6, 6.07) is 8.04. The van der Waals surface area contributed by atoms with Gasteiger partial charge in [0.2, 0.25) is 0 Å². The number of hydrogen-bond acceptors (Lipinski definition) is 4. The van der Waals surface area contributed by atoms with Crippen LogP contribution in [0.2, 0.25) is 0 Å². The van der Waals surface area contributed by atoms with Crippen molar-refractivity contribution in [2.45, 2.75) is 19.9 Å². The second-order valence-electron chi connectivity index (χ2n) is 4.03. The van der Waals surface area contributed by atoms with Crippen molar-refractivity contribution in [3.8, 4) is 0 Å². The fourth-order valence-electron chi connectivity index (χ4n) is 1.60. The van der Waals surface area contributed by atoms with Gasteiger partial charge in [-0.2, -0.15) is 0 Å². The monoisotopic (exact) mass is 247 g/mol. The molecule has 17 heavy (non-hydrogen) atoms. The fourth-order valence-corrected chi connectivity index (χ4v) is 2.35. The summed E-state index contributed by atoms with van der Waals surface area (Å²) in [6.07, 6.45) is 2.94. The highest BCUT2D eigenvalue weighted by atomic mass is 32.1. The van der Waals surface area contributed by atoms with E-state index in [2.05, 4.69) is 29.4 Å². The van der Waals surface area contributed by atoms with Crippen molar-refractivity contribution in [3.63, 3.8) is 0 Å². The number of nitrogen functional groups attached to an aromatic ring is 1. The SMILES string of the molecule is Cc1cnc(CNCCc2ccc(N)cc2)s1. The topological polar surface area (TPSA) is 50.9 Å². The second-order valence-corrected chi connectivity index (χ2v) is 5.35. The Bertz CT molecular complexity index is 462. The van der Waals surface area contributed by atoms with Crippen LogP contribution in [-0.4, -0.2) is 11.5 Å². The van der Waals surface area contributed by atoms with Gasteiger partial charge >= 0.3 is 0 Å². The molecule has 0 saturated carbocycles. The Labute approximate surface area is 106 Å². The molecule has 1 aromatic carbocycles. The molecule has 0 saturated heterocycles. The van der Waals surface area contributed by atoms with Crippen molar-refractivity contribution in [2.75, 3.05) is 12.3 Å². The molecule has 0 fully saturated rings. The molecule has 4 heteroatoms. The van der Waals surface area contributed by atoms with E-state index in [1.807, 2.05) is 18.3 Å². The molecule has 0 aliphatic rings. The Balaban J connectivity index is 1.71. The number of benzene rings is 1. The zero-order chi connectivity index (χ0) is 12.1. The molecule has 0 aliphatic heterocycles. The molecule has 0 spiro atoms. The number of nitrogens with two attached hydrogens (primary N) is 1. The van der Waals surface area contributed by atoms with E-state index in [1.54, 1.807) is 11.3 Å². The molecule has 0 radical (unpaired) electrons. The number of aromatic nitrogens is 1. The number of thiazole rings is 1. The van der Waals surface area contributed by atoms with Gasteiger partial charge in [-0.25, -0.2) is 4.98 Å². The van der Waals surface area contributed by atoms with Gasteiger partial charge in [-0.3, -0.25) is 0 Å². The van der Waals surface area contributed by atoms with Crippen LogP contribution in [0.15, 0.2) is 30.5 Å². The average molecular weight is 247 g/mol. The summed E-state index contributed by atoms with van der Waals surface area (Å²) in [7, 11) is 0. The fraction of sp³-hybridized carbons (Fsp3) is 0.308. The Morgan fingerprint density at radius 3 is 2.71 bits per heavy atom. The van der Waals surface area contributed by atoms with Crippen LogP contribution in [0.4, 0.5) is 5.69 Å².